The number of halogens is 1. The van der Waals surface area contributed by atoms with Gasteiger partial charge in [0.2, 0.25) is 0 Å². The van der Waals surface area contributed by atoms with E-state index in [1.165, 1.54) is 11.1 Å². The zero-order chi connectivity index (χ0) is 19.8. The smallest absolute Gasteiger partial charge is 0.123 e. The first-order valence-corrected chi connectivity index (χ1v) is 9.57. The highest BCUT2D eigenvalue weighted by molar-refractivity contribution is 5.83. The molecular formula is C26H29F. The van der Waals surface area contributed by atoms with Crippen LogP contribution in [0.25, 0.3) is 22.3 Å². The Morgan fingerprint density at radius 3 is 1.33 bits per heavy atom. The van der Waals surface area contributed by atoms with Gasteiger partial charge in [-0.1, -0.05) is 96.1 Å². The van der Waals surface area contributed by atoms with Crippen LogP contribution >= 0.6 is 0 Å². The number of hydrogen-bond acceptors (Lipinski definition) is 0. The van der Waals surface area contributed by atoms with Crippen LogP contribution < -0.4 is 0 Å². The first kappa shape index (κ1) is 19.4. The fourth-order valence-corrected chi connectivity index (χ4v) is 3.31. The Labute approximate surface area is 163 Å². The van der Waals surface area contributed by atoms with E-state index in [-0.39, 0.29) is 16.6 Å². The monoisotopic (exact) mass is 360 g/mol. The fourth-order valence-electron chi connectivity index (χ4n) is 3.31. The van der Waals surface area contributed by atoms with Gasteiger partial charge in [0.25, 0.3) is 0 Å². The van der Waals surface area contributed by atoms with Crippen LogP contribution in [0.15, 0.2) is 66.7 Å². The molecule has 27 heavy (non-hydrogen) atoms. The SMILES string of the molecule is CC(C)(C)c1ccc(-c2ccc(F)cc2-c2ccc(C(C)(C)C)cc2)cc1. The van der Waals surface area contributed by atoms with Crippen LogP contribution in [0.5, 0.6) is 0 Å². The Morgan fingerprint density at radius 2 is 0.926 bits per heavy atom. The molecule has 140 valence electrons. The summed E-state index contributed by atoms with van der Waals surface area (Å²) in [7, 11) is 0. The maximum Gasteiger partial charge on any atom is 0.123 e. The molecule has 0 aromatic heterocycles. The highest BCUT2D eigenvalue weighted by Gasteiger charge is 2.16. The summed E-state index contributed by atoms with van der Waals surface area (Å²) >= 11 is 0. The third kappa shape index (κ3) is 4.30. The molecule has 0 nitrogen and oxygen atoms in total. The lowest BCUT2D eigenvalue weighted by Gasteiger charge is -2.20. The molecule has 3 rings (SSSR count). The lowest BCUT2D eigenvalue weighted by Crippen LogP contribution is -2.10. The summed E-state index contributed by atoms with van der Waals surface area (Å²) in [4.78, 5) is 0. The van der Waals surface area contributed by atoms with E-state index in [9.17, 15) is 4.39 Å². The Morgan fingerprint density at radius 1 is 0.519 bits per heavy atom. The van der Waals surface area contributed by atoms with Crippen molar-refractivity contribution in [1.29, 1.82) is 0 Å². The molecule has 0 atom stereocenters. The second-order valence-electron chi connectivity index (χ2n) is 9.34. The van der Waals surface area contributed by atoms with Crippen LogP contribution in [0.1, 0.15) is 52.7 Å². The van der Waals surface area contributed by atoms with Gasteiger partial charge in [0.1, 0.15) is 5.82 Å². The van der Waals surface area contributed by atoms with E-state index in [1.807, 2.05) is 6.07 Å². The maximum atomic E-state index is 14.0. The van der Waals surface area contributed by atoms with Gasteiger partial charge in [-0.25, -0.2) is 4.39 Å². The molecule has 1 heteroatoms. The molecule has 0 aliphatic heterocycles. The van der Waals surface area contributed by atoms with Gasteiger partial charge in [0.15, 0.2) is 0 Å². The minimum absolute atomic E-state index is 0.103. The highest BCUT2D eigenvalue weighted by Crippen LogP contribution is 2.35. The molecule has 0 N–H and O–H groups in total. The summed E-state index contributed by atoms with van der Waals surface area (Å²) < 4.78 is 14.0. The zero-order valence-corrected chi connectivity index (χ0v) is 17.2. The molecule has 3 aromatic carbocycles. The van der Waals surface area contributed by atoms with Gasteiger partial charge in [-0.3, -0.25) is 0 Å². The summed E-state index contributed by atoms with van der Waals surface area (Å²) in [6, 6.07) is 22.2. The second kappa shape index (κ2) is 6.96. The Hall–Kier alpha value is -2.41. The van der Waals surface area contributed by atoms with Gasteiger partial charge in [0.05, 0.1) is 0 Å². The third-order valence-corrected chi connectivity index (χ3v) is 5.11. The number of hydrogen-bond donors (Lipinski definition) is 0. The zero-order valence-electron chi connectivity index (χ0n) is 17.2. The molecule has 0 aliphatic carbocycles. The Kier molecular flexibility index (Phi) is 4.99. The molecule has 0 saturated carbocycles. The summed E-state index contributed by atoms with van der Waals surface area (Å²) in [5.74, 6) is -0.208. The van der Waals surface area contributed by atoms with Gasteiger partial charge in [-0.2, -0.15) is 0 Å². The molecule has 3 aromatic rings. The van der Waals surface area contributed by atoms with E-state index in [4.69, 9.17) is 0 Å². The predicted molar refractivity (Wildman–Crippen MR) is 115 cm³/mol. The average Bonchev–Trinajstić information content (AvgIpc) is 2.60. The first-order chi connectivity index (χ1) is 12.6. The van der Waals surface area contributed by atoms with Crippen molar-refractivity contribution in [2.75, 3.05) is 0 Å². The molecule has 0 aliphatic rings. The molecule has 0 heterocycles. The molecule has 0 bridgehead atoms. The molecule has 0 amide bonds. The van der Waals surface area contributed by atoms with Crippen molar-refractivity contribution in [1.82, 2.24) is 0 Å². The van der Waals surface area contributed by atoms with E-state index in [0.717, 1.165) is 22.3 Å². The molecule has 0 fully saturated rings. The summed E-state index contributed by atoms with van der Waals surface area (Å²) in [6.45, 7) is 13.2. The lowest BCUT2D eigenvalue weighted by molar-refractivity contribution is 0.590. The molecule has 0 spiro atoms. The molecular weight excluding hydrogens is 331 g/mol. The van der Waals surface area contributed by atoms with Crippen LogP contribution in [-0.4, -0.2) is 0 Å². The minimum atomic E-state index is -0.208. The van der Waals surface area contributed by atoms with E-state index in [1.54, 1.807) is 12.1 Å². The standard InChI is InChI=1S/C26H29F/c1-25(2,3)20-11-7-18(8-12-20)23-16-15-22(27)17-24(23)19-9-13-21(14-10-19)26(4,5)6/h7-17H,1-6H3. The topological polar surface area (TPSA) is 0 Å². The van der Waals surface area contributed by atoms with Crippen molar-refractivity contribution in [3.8, 4) is 22.3 Å². The van der Waals surface area contributed by atoms with Crippen LogP contribution in [-0.2, 0) is 10.8 Å². The first-order valence-electron chi connectivity index (χ1n) is 9.57. The van der Waals surface area contributed by atoms with Crippen molar-refractivity contribution in [2.45, 2.75) is 52.4 Å². The molecule has 0 unspecified atom stereocenters. The van der Waals surface area contributed by atoms with Crippen LogP contribution in [0.2, 0.25) is 0 Å². The fraction of sp³-hybridized carbons (Fsp3) is 0.308. The van der Waals surface area contributed by atoms with Crippen LogP contribution in [0.3, 0.4) is 0 Å². The van der Waals surface area contributed by atoms with Crippen LogP contribution in [0.4, 0.5) is 4.39 Å². The summed E-state index contributed by atoms with van der Waals surface area (Å²) in [5.41, 5.74) is 6.93. The quantitative estimate of drug-likeness (QED) is 0.438. The average molecular weight is 361 g/mol. The third-order valence-electron chi connectivity index (χ3n) is 5.11. The van der Waals surface area contributed by atoms with Gasteiger partial charge < -0.3 is 0 Å². The van der Waals surface area contributed by atoms with Gasteiger partial charge in [-0.15, -0.1) is 0 Å². The van der Waals surface area contributed by atoms with Crippen molar-refractivity contribution < 1.29 is 4.39 Å². The Balaban J connectivity index is 2.06. The van der Waals surface area contributed by atoms with E-state index < -0.39 is 0 Å². The van der Waals surface area contributed by atoms with Crippen LogP contribution in [0, 0.1) is 5.82 Å². The number of benzene rings is 3. The van der Waals surface area contributed by atoms with Crippen molar-refractivity contribution in [3.05, 3.63) is 83.7 Å². The number of rotatable bonds is 2. The van der Waals surface area contributed by atoms with E-state index >= 15 is 0 Å². The lowest BCUT2D eigenvalue weighted by atomic mass is 9.84. The van der Waals surface area contributed by atoms with Gasteiger partial charge >= 0.3 is 0 Å². The van der Waals surface area contributed by atoms with E-state index in [0.29, 0.717) is 0 Å². The van der Waals surface area contributed by atoms with Gasteiger partial charge in [-0.05, 0) is 56.3 Å². The van der Waals surface area contributed by atoms with Gasteiger partial charge in [0, 0.05) is 0 Å². The highest BCUT2D eigenvalue weighted by atomic mass is 19.1. The van der Waals surface area contributed by atoms with Crippen molar-refractivity contribution in [3.63, 3.8) is 0 Å². The largest absolute Gasteiger partial charge is 0.207 e. The van der Waals surface area contributed by atoms with E-state index in [2.05, 4.69) is 90.1 Å². The summed E-state index contributed by atoms with van der Waals surface area (Å²) in [6.07, 6.45) is 0. The normalized spacial score (nSPS) is 12.3. The molecule has 0 saturated heterocycles. The Bertz CT molecular complexity index is 918. The van der Waals surface area contributed by atoms with Crippen molar-refractivity contribution in [2.24, 2.45) is 0 Å². The van der Waals surface area contributed by atoms with Crippen molar-refractivity contribution >= 4 is 0 Å². The predicted octanol–water partition coefficient (Wildman–Crippen LogP) is 7.75. The second-order valence-corrected chi connectivity index (χ2v) is 9.34. The molecule has 0 radical (unpaired) electrons. The minimum Gasteiger partial charge on any atom is -0.207 e. The summed E-state index contributed by atoms with van der Waals surface area (Å²) in [5, 5.41) is 0. The maximum absolute atomic E-state index is 14.0.